The Morgan fingerprint density at radius 2 is 1.71 bits per heavy atom. The highest BCUT2D eigenvalue weighted by atomic mass is 16.7. The molecule has 15 nitrogen and oxygen atoms in total. The van der Waals surface area contributed by atoms with Crippen molar-refractivity contribution in [3.05, 3.63) is 142 Å². The molecule has 15 heteroatoms. The molecule has 4 aliphatic rings. The minimum Gasteiger partial charge on any atom is -0.459 e. The van der Waals surface area contributed by atoms with E-state index < -0.39 is 28.3 Å². The number of allylic oxidation sites excluding steroid dienone is 1. The first kappa shape index (κ1) is 47.8. The molecule has 0 spiro atoms. The molecule has 0 bridgehead atoms. The second kappa shape index (κ2) is 20.6. The third-order valence-corrected chi connectivity index (χ3v) is 13.0. The van der Waals surface area contributed by atoms with Gasteiger partial charge >= 0.3 is 0 Å². The first-order valence-corrected chi connectivity index (χ1v) is 23.2. The van der Waals surface area contributed by atoms with Gasteiger partial charge in [-0.15, -0.1) is 6.58 Å². The molecule has 2 aliphatic carbocycles. The van der Waals surface area contributed by atoms with Crippen LogP contribution in [0.25, 0.3) is 0 Å². The summed E-state index contributed by atoms with van der Waals surface area (Å²) in [5, 5.41) is 46.4. The Labute approximate surface area is 396 Å². The van der Waals surface area contributed by atoms with Crippen LogP contribution >= 0.6 is 0 Å². The number of nitro benzene ring substituents is 1. The van der Waals surface area contributed by atoms with Crippen LogP contribution in [0.4, 0.5) is 5.69 Å². The predicted octanol–water partition coefficient (Wildman–Crippen LogP) is 9.76. The quantitative estimate of drug-likeness (QED) is 0.0392. The van der Waals surface area contributed by atoms with Crippen LogP contribution in [0.2, 0.25) is 0 Å². The molecule has 2 aliphatic heterocycles. The average molecular weight is 927 g/mol. The highest BCUT2D eigenvalue weighted by Gasteiger charge is 2.65. The smallest absolute Gasteiger partial charge is 0.273 e. The number of carbonyl (C=O) groups is 1. The van der Waals surface area contributed by atoms with Gasteiger partial charge in [0.25, 0.3) is 11.6 Å². The number of hydrogen-bond donors (Lipinski definition) is 2. The van der Waals surface area contributed by atoms with Crippen LogP contribution in [0.5, 0.6) is 28.7 Å². The van der Waals surface area contributed by atoms with Gasteiger partial charge in [0.05, 0.1) is 40.9 Å². The molecule has 4 aromatic rings. The molecule has 0 saturated heterocycles. The number of nitriles is 1. The number of ether oxygens (including phenoxy) is 5. The third-order valence-electron chi connectivity index (χ3n) is 13.0. The maximum atomic E-state index is 15.5. The van der Waals surface area contributed by atoms with Gasteiger partial charge in [-0.05, 0) is 130 Å². The lowest BCUT2D eigenvalue weighted by Crippen LogP contribution is -2.70. The van der Waals surface area contributed by atoms with Gasteiger partial charge < -0.3 is 43.6 Å². The second-order valence-electron chi connectivity index (χ2n) is 18.6. The number of aliphatic hydroxyl groups excluding tert-OH is 2. The van der Waals surface area contributed by atoms with Crippen molar-refractivity contribution in [3.8, 4) is 34.8 Å². The molecule has 1 saturated carbocycles. The number of nitro groups is 1. The Kier molecular flexibility index (Phi) is 14.5. The molecule has 2 N–H and O–H groups in total. The summed E-state index contributed by atoms with van der Waals surface area (Å²) in [5.74, 6) is -0.622. The van der Waals surface area contributed by atoms with Crippen LogP contribution < -0.4 is 18.9 Å². The number of rotatable bonds is 19. The lowest BCUT2D eigenvalue weighted by molar-refractivity contribution is -0.384. The van der Waals surface area contributed by atoms with Crippen molar-refractivity contribution in [2.75, 3.05) is 26.6 Å². The Morgan fingerprint density at radius 1 is 0.971 bits per heavy atom. The first-order valence-electron chi connectivity index (χ1n) is 23.2. The zero-order chi connectivity index (χ0) is 48.0. The summed E-state index contributed by atoms with van der Waals surface area (Å²) in [6, 6.07) is 24.9. The van der Waals surface area contributed by atoms with E-state index in [-0.39, 0.29) is 74.7 Å². The van der Waals surface area contributed by atoms with Gasteiger partial charge in [0, 0.05) is 49.3 Å². The van der Waals surface area contributed by atoms with Crippen LogP contribution in [0.1, 0.15) is 98.7 Å². The largest absolute Gasteiger partial charge is 0.459 e. The fourth-order valence-corrected chi connectivity index (χ4v) is 10.1. The molecule has 4 aromatic carbocycles. The molecule has 0 radical (unpaired) electrons. The number of unbranched alkanes of at least 4 members (excludes halogenated alkanes) is 2. The minimum atomic E-state index is -1.58. The van der Waals surface area contributed by atoms with Gasteiger partial charge in [-0.3, -0.25) is 14.9 Å². The van der Waals surface area contributed by atoms with E-state index in [0.29, 0.717) is 59.1 Å². The van der Waals surface area contributed by atoms with Crippen molar-refractivity contribution in [1.82, 2.24) is 4.90 Å². The average Bonchev–Trinajstić information content (AvgIpc) is 3.81. The van der Waals surface area contributed by atoms with Crippen LogP contribution in [0, 0.1) is 39.2 Å². The van der Waals surface area contributed by atoms with Gasteiger partial charge in [0.1, 0.15) is 28.9 Å². The van der Waals surface area contributed by atoms with Crippen LogP contribution in [0.15, 0.2) is 114 Å². The molecule has 6 atom stereocenters. The monoisotopic (exact) mass is 926 g/mol. The number of carbonyl (C=O) groups excluding carboxylic acids is 1. The summed E-state index contributed by atoms with van der Waals surface area (Å²) in [4.78, 5) is 34.8. The summed E-state index contributed by atoms with van der Waals surface area (Å²) < 4.78 is 32.4. The van der Waals surface area contributed by atoms with E-state index in [1.807, 2.05) is 51.1 Å². The van der Waals surface area contributed by atoms with Crippen molar-refractivity contribution in [2.45, 2.75) is 95.6 Å². The number of oxime groups is 1. The van der Waals surface area contributed by atoms with Crippen molar-refractivity contribution >= 4 is 17.3 Å². The van der Waals surface area contributed by atoms with Crippen LogP contribution in [0.3, 0.4) is 0 Å². The van der Waals surface area contributed by atoms with E-state index in [0.717, 1.165) is 36.0 Å². The fraction of sp³-hybridized carbons (Fsp3) is 0.415. The molecule has 1 fully saturated rings. The van der Waals surface area contributed by atoms with Crippen molar-refractivity contribution < 1.29 is 48.5 Å². The topological polar surface area (TPSA) is 195 Å². The number of nitrogens with zero attached hydrogens (tertiary/aromatic N) is 4. The molecule has 0 aromatic heterocycles. The number of hydrogen-bond acceptors (Lipinski definition) is 13. The van der Waals surface area contributed by atoms with Gasteiger partial charge in [0.15, 0.2) is 11.5 Å². The van der Waals surface area contributed by atoms with E-state index >= 15 is 4.79 Å². The number of non-ortho nitro benzene ring substituents is 1. The first-order chi connectivity index (χ1) is 32.9. The maximum Gasteiger partial charge on any atom is 0.273 e. The van der Waals surface area contributed by atoms with Crippen LogP contribution in [-0.4, -0.2) is 75.7 Å². The molecular weight excluding hydrogens is 869 g/mol. The van der Waals surface area contributed by atoms with Gasteiger partial charge in [-0.25, -0.2) is 0 Å². The second-order valence-corrected chi connectivity index (χ2v) is 18.6. The molecule has 68 heavy (non-hydrogen) atoms. The molecule has 6 unspecified atom stereocenters. The number of amides is 1. The summed E-state index contributed by atoms with van der Waals surface area (Å²) in [6.07, 6.45) is 8.23. The molecular formula is C53H58N4O11. The molecule has 1 amide bonds. The lowest BCUT2D eigenvalue weighted by atomic mass is 9.55. The third kappa shape index (κ3) is 10.1. The zero-order valence-corrected chi connectivity index (χ0v) is 38.7. The minimum absolute atomic E-state index is 0.0257. The van der Waals surface area contributed by atoms with E-state index in [9.17, 15) is 25.6 Å². The van der Waals surface area contributed by atoms with Gasteiger partial charge in [-0.2, -0.15) is 5.26 Å². The number of aliphatic hydroxyl groups is 2. The SMILES string of the molecule is C=CCOC12Oc3ccc(Oc4cccc([N+](=O)[O-])c4)cc3C3C(CCCCO)C(CCCCO)C=C(C(=NOC(C)(C)C)CC1N(Cc1ccc4c(c1)OCO4)C(=O)c1ccc(C#N)cc1)C32. The summed E-state index contributed by atoms with van der Waals surface area (Å²) in [7, 11) is 0. The van der Waals surface area contributed by atoms with Gasteiger partial charge in [-0.1, -0.05) is 42.3 Å². The van der Waals surface area contributed by atoms with E-state index in [4.69, 9.17) is 33.7 Å². The molecule has 8 rings (SSSR count). The Balaban J connectivity index is 1.37. The van der Waals surface area contributed by atoms with Crippen molar-refractivity contribution in [3.63, 3.8) is 0 Å². The summed E-state index contributed by atoms with van der Waals surface area (Å²) in [6.45, 7) is 10.1. The van der Waals surface area contributed by atoms with E-state index in [2.05, 4.69) is 18.7 Å². The standard InChI is InChI=1S/C53H58N4O11/c1-5-25-65-53-48(56(51(60)36-18-15-34(31-54)16-19-36)32-35-17-21-46-47(26-35)64-33-63-46)30-44(55-68-52(2,3)4)42-27-37(11-6-8-23-58)41(14-7-9-24-59)49(50(42)53)43-29-40(20-22-45(43)67-53)66-39-13-10-12-38(28-39)57(61)62/h5,10,12-13,15-22,26-29,37,41,48-50,58-59H,1,6-9,11,14,23-25,30,32-33H2,2-4H3. The maximum absolute atomic E-state index is 15.5. The highest BCUT2D eigenvalue weighted by Crippen LogP contribution is 2.62. The van der Waals surface area contributed by atoms with Crippen molar-refractivity contribution in [1.29, 1.82) is 5.26 Å². The van der Waals surface area contributed by atoms with Crippen LogP contribution in [-0.2, 0) is 16.1 Å². The lowest BCUT2D eigenvalue weighted by Gasteiger charge is -2.60. The molecule has 2 heterocycles. The number of fused-ring (bicyclic) bond motifs is 3. The summed E-state index contributed by atoms with van der Waals surface area (Å²) >= 11 is 0. The summed E-state index contributed by atoms with van der Waals surface area (Å²) in [5.41, 5.74) is 3.02. The Bertz CT molecular complexity index is 2600. The van der Waals surface area contributed by atoms with Crippen molar-refractivity contribution in [2.24, 2.45) is 22.9 Å². The predicted molar refractivity (Wildman–Crippen MR) is 253 cm³/mol. The highest BCUT2D eigenvalue weighted by molar-refractivity contribution is 6.03. The normalized spacial score (nSPS) is 22.7. The van der Waals surface area contributed by atoms with Gasteiger partial charge in [0.2, 0.25) is 12.6 Å². The van der Waals surface area contributed by atoms with E-state index in [1.54, 1.807) is 53.4 Å². The Morgan fingerprint density at radius 3 is 2.43 bits per heavy atom. The fourth-order valence-electron chi connectivity index (χ4n) is 10.1. The Hall–Kier alpha value is -6.73. The zero-order valence-electron chi connectivity index (χ0n) is 38.7. The number of benzene rings is 4. The molecule has 356 valence electrons. The van der Waals surface area contributed by atoms with E-state index in [1.165, 1.54) is 12.1 Å².